The summed E-state index contributed by atoms with van der Waals surface area (Å²) in [6.07, 6.45) is 3.58. The summed E-state index contributed by atoms with van der Waals surface area (Å²) in [5.41, 5.74) is 0.777. The van der Waals surface area contributed by atoms with Crippen molar-refractivity contribution in [2.45, 2.75) is 52.0 Å². The first kappa shape index (κ1) is 20.1. The standard InChI is InChI=1S/C20H29NO5/c1-20(2)9-5-6-13(12-20)19(24)21-16(11-18(22)23)15-8-7-14(25-3)10-17(15)26-4/h7-8,10,13,16H,5-6,9,11-12H2,1-4H3,(H,21,24)(H,22,23). The monoisotopic (exact) mass is 363 g/mol. The molecule has 6 heteroatoms. The molecule has 26 heavy (non-hydrogen) atoms. The van der Waals surface area contributed by atoms with Gasteiger partial charge in [-0.15, -0.1) is 0 Å². The third kappa shape index (κ3) is 5.13. The molecule has 0 bridgehead atoms. The first-order valence-corrected chi connectivity index (χ1v) is 9.00. The summed E-state index contributed by atoms with van der Waals surface area (Å²) in [6, 6.07) is 4.53. The number of carbonyl (C=O) groups is 2. The second-order valence-electron chi connectivity index (χ2n) is 7.72. The average Bonchev–Trinajstić information content (AvgIpc) is 2.59. The fourth-order valence-corrected chi connectivity index (χ4v) is 3.73. The van der Waals surface area contributed by atoms with E-state index in [-0.39, 0.29) is 23.7 Å². The highest BCUT2D eigenvalue weighted by molar-refractivity contribution is 5.80. The predicted molar refractivity (Wildman–Crippen MR) is 98.4 cm³/mol. The van der Waals surface area contributed by atoms with E-state index in [1.54, 1.807) is 25.3 Å². The summed E-state index contributed by atoms with van der Waals surface area (Å²) < 4.78 is 10.6. The van der Waals surface area contributed by atoms with Gasteiger partial charge in [0.25, 0.3) is 0 Å². The maximum Gasteiger partial charge on any atom is 0.305 e. The van der Waals surface area contributed by atoms with Crippen molar-refractivity contribution in [1.29, 1.82) is 0 Å². The molecule has 0 radical (unpaired) electrons. The van der Waals surface area contributed by atoms with Crippen LogP contribution < -0.4 is 14.8 Å². The number of nitrogens with one attached hydrogen (secondary N) is 1. The highest BCUT2D eigenvalue weighted by atomic mass is 16.5. The van der Waals surface area contributed by atoms with Crippen LogP contribution in [0.1, 0.15) is 57.6 Å². The summed E-state index contributed by atoms with van der Waals surface area (Å²) in [4.78, 5) is 24.2. The Morgan fingerprint density at radius 1 is 1.31 bits per heavy atom. The molecule has 1 aromatic carbocycles. The Hall–Kier alpha value is -2.24. The molecule has 1 fully saturated rings. The van der Waals surface area contributed by atoms with Gasteiger partial charge in [-0.3, -0.25) is 9.59 Å². The number of aliphatic carboxylic acids is 1. The maximum atomic E-state index is 12.8. The van der Waals surface area contributed by atoms with Gasteiger partial charge in [0.2, 0.25) is 5.91 Å². The van der Waals surface area contributed by atoms with E-state index in [1.165, 1.54) is 7.11 Å². The van der Waals surface area contributed by atoms with E-state index in [2.05, 4.69) is 19.2 Å². The highest BCUT2D eigenvalue weighted by Gasteiger charge is 2.33. The third-order valence-electron chi connectivity index (χ3n) is 5.09. The molecule has 1 saturated carbocycles. The van der Waals surface area contributed by atoms with Crippen LogP contribution in [0, 0.1) is 11.3 Å². The van der Waals surface area contributed by atoms with Gasteiger partial charge in [-0.05, 0) is 36.8 Å². The molecule has 0 spiro atoms. The first-order chi connectivity index (χ1) is 12.3. The second kappa shape index (κ2) is 8.43. The summed E-state index contributed by atoms with van der Waals surface area (Å²) in [6.45, 7) is 4.35. The Labute approximate surface area is 154 Å². The van der Waals surface area contributed by atoms with Crippen molar-refractivity contribution < 1.29 is 24.2 Å². The van der Waals surface area contributed by atoms with Gasteiger partial charge < -0.3 is 19.9 Å². The van der Waals surface area contributed by atoms with Crippen LogP contribution in [-0.4, -0.2) is 31.2 Å². The van der Waals surface area contributed by atoms with Gasteiger partial charge >= 0.3 is 5.97 Å². The summed E-state index contributed by atoms with van der Waals surface area (Å²) in [5.74, 6) is -0.0294. The molecule has 1 aliphatic rings. The van der Waals surface area contributed by atoms with Crippen LogP contribution in [0.4, 0.5) is 0 Å². The molecule has 1 aromatic rings. The smallest absolute Gasteiger partial charge is 0.305 e. The minimum atomic E-state index is -0.975. The Bertz CT molecular complexity index is 656. The Balaban J connectivity index is 2.22. The number of hydrogen-bond donors (Lipinski definition) is 2. The van der Waals surface area contributed by atoms with Crippen molar-refractivity contribution in [2.75, 3.05) is 14.2 Å². The van der Waals surface area contributed by atoms with E-state index in [0.717, 1.165) is 25.7 Å². The van der Waals surface area contributed by atoms with Crippen molar-refractivity contribution in [3.63, 3.8) is 0 Å². The zero-order valence-corrected chi connectivity index (χ0v) is 16.0. The van der Waals surface area contributed by atoms with Crippen molar-refractivity contribution in [3.05, 3.63) is 23.8 Å². The second-order valence-corrected chi connectivity index (χ2v) is 7.72. The largest absolute Gasteiger partial charge is 0.497 e. The quantitative estimate of drug-likeness (QED) is 0.774. The van der Waals surface area contributed by atoms with E-state index >= 15 is 0 Å². The van der Waals surface area contributed by atoms with Crippen molar-refractivity contribution in [3.8, 4) is 11.5 Å². The van der Waals surface area contributed by atoms with E-state index in [1.807, 2.05) is 0 Å². The molecule has 0 saturated heterocycles. The van der Waals surface area contributed by atoms with Crippen LogP contribution in [0.25, 0.3) is 0 Å². The van der Waals surface area contributed by atoms with Gasteiger partial charge in [-0.25, -0.2) is 0 Å². The molecule has 6 nitrogen and oxygen atoms in total. The Kier molecular flexibility index (Phi) is 6.51. The molecule has 0 aromatic heterocycles. The Morgan fingerprint density at radius 3 is 2.62 bits per heavy atom. The third-order valence-corrected chi connectivity index (χ3v) is 5.09. The number of carboxylic acids is 1. The van der Waals surface area contributed by atoms with Crippen LogP contribution in [-0.2, 0) is 9.59 Å². The number of amides is 1. The number of benzene rings is 1. The molecule has 1 aliphatic carbocycles. The van der Waals surface area contributed by atoms with E-state index < -0.39 is 12.0 Å². The lowest BCUT2D eigenvalue weighted by molar-refractivity contribution is -0.138. The lowest BCUT2D eigenvalue weighted by Gasteiger charge is -2.35. The van der Waals surface area contributed by atoms with Gasteiger partial charge in [0.1, 0.15) is 11.5 Å². The molecule has 1 amide bonds. The van der Waals surface area contributed by atoms with Crippen LogP contribution in [0.15, 0.2) is 18.2 Å². The van der Waals surface area contributed by atoms with Crippen molar-refractivity contribution in [1.82, 2.24) is 5.32 Å². The average molecular weight is 363 g/mol. The zero-order valence-electron chi connectivity index (χ0n) is 16.0. The Morgan fingerprint density at radius 2 is 2.04 bits per heavy atom. The van der Waals surface area contributed by atoms with E-state index in [0.29, 0.717) is 17.1 Å². The number of carbonyl (C=O) groups excluding carboxylic acids is 1. The molecular weight excluding hydrogens is 334 g/mol. The van der Waals surface area contributed by atoms with E-state index in [9.17, 15) is 14.7 Å². The predicted octanol–water partition coefficient (Wildman–Crippen LogP) is 3.55. The molecular formula is C20H29NO5. The highest BCUT2D eigenvalue weighted by Crippen LogP contribution is 2.39. The molecule has 0 heterocycles. The number of ether oxygens (including phenoxy) is 2. The van der Waals surface area contributed by atoms with Gasteiger partial charge in [0, 0.05) is 17.5 Å². The fourth-order valence-electron chi connectivity index (χ4n) is 3.73. The van der Waals surface area contributed by atoms with Gasteiger partial charge in [-0.1, -0.05) is 20.3 Å². The first-order valence-electron chi connectivity index (χ1n) is 9.00. The van der Waals surface area contributed by atoms with Crippen molar-refractivity contribution in [2.24, 2.45) is 11.3 Å². The molecule has 0 aliphatic heterocycles. The lowest BCUT2D eigenvalue weighted by atomic mass is 9.72. The lowest BCUT2D eigenvalue weighted by Crippen LogP contribution is -2.38. The van der Waals surface area contributed by atoms with Crippen molar-refractivity contribution >= 4 is 11.9 Å². The van der Waals surface area contributed by atoms with Crippen LogP contribution in [0.3, 0.4) is 0 Å². The minimum absolute atomic E-state index is 0.0816. The molecule has 2 rings (SSSR count). The van der Waals surface area contributed by atoms with Crippen LogP contribution in [0.5, 0.6) is 11.5 Å². The SMILES string of the molecule is COc1ccc(C(CC(=O)O)NC(=O)C2CCCC(C)(C)C2)c(OC)c1. The van der Waals surface area contributed by atoms with Gasteiger partial charge in [0.05, 0.1) is 26.7 Å². The normalized spacial score (nSPS) is 20.1. The van der Waals surface area contributed by atoms with Crippen LogP contribution in [0.2, 0.25) is 0 Å². The number of carboxylic acid groups (broad SMARTS) is 1. The zero-order chi connectivity index (χ0) is 19.3. The number of hydrogen-bond acceptors (Lipinski definition) is 4. The van der Waals surface area contributed by atoms with Gasteiger partial charge in [0.15, 0.2) is 0 Å². The summed E-state index contributed by atoms with van der Waals surface area (Å²) >= 11 is 0. The number of rotatable bonds is 7. The molecule has 2 atom stereocenters. The molecule has 144 valence electrons. The minimum Gasteiger partial charge on any atom is -0.497 e. The number of methoxy groups -OCH3 is 2. The van der Waals surface area contributed by atoms with Gasteiger partial charge in [-0.2, -0.15) is 0 Å². The maximum absolute atomic E-state index is 12.8. The summed E-state index contributed by atoms with van der Waals surface area (Å²) in [7, 11) is 3.07. The van der Waals surface area contributed by atoms with Crippen LogP contribution >= 0.6 is 0 Å². The fraction of sp³-hybridized carbons (Fsp3) is 0.600. The molecule has 2 unspecified atom stereocenters. The summed E-state index contributed by atoms with van der Waals surface area (Å²) in [5, 5.41) is 12.2. The molecule has 2 N–H and O–H groups in total. The topological polar surface area (TPSA) is 84.9 Å². The van der Waals surface area contributed by atoms with E-state index in [4.69, 9.17) is 9.47 Å².